The third kappa shape index (κ3) is 1.10. The van der Waals surface area contributed by atoms with Crippen molar-refractivity contribution < 1.29 is 4.42 Å². The Morgan fingerprint density at radius 3 is 3.00 bits per heavy atom. The van der Waals surface area contributed by atoms with Gasteiger partial charge in [0.25, 0.3) is 0 Å². The van der Waals surface area contributed by atoms with Crippen LogP contribution >= 0.6 is 11.8 Å². The molecule has 1 aliphatic rings. The van der Waals surface area contributed by atoms with Gasteiger partial charge in [-0.15, -0.1) is 10.5 Å². The molecular formula is C6H5N4OS. The molecule has 2 rings (SSSR count). The maximum Gasteiger partial charge on any atom is 0.211 e. The molecule has 61 valence electrons. The van der Waals surface area contributed by atoms with Crippen LogP contribution in [0.4, 0.5) is 0 Å². The molecule has 0 spiro atoms. The summed E-state index contributed by atoms with van der Waals surface area (Å²) in [5.41, 5.74) is 4.56. The first-order valence-electron chi connectivity index (χ1n) is 3.22. The number of nitrogens with zero attached hydrogens (tertiary/aromatic N) is 4. The zero-order valence-corrected chi connectivity index (χ0v) is 7.08. The fourth-order valence-electron chi connectivity index (χ4n) is 0.872. The number of furan rings is 1. The van der Waals surface area contributed by atoms with E-state index in [9.17, 15) is 0 Å². The zero-order valence-electron chi connectivity index (χ0n) is 6.26. The summed E-state index contributed by atoms with van der Waals surface area (Å²) < 4.78 is 5.16. The molecule has 0 aliphatic carbocycles. The van der Waals surface area contributed by atoms with Gasteiger partial charge in [0.15, 0.2) is 5.09 Å². The average molecular weight is 181 g/mol. The van der Waals surface area contributed by atoms with Crippen LogP contribution < -0.4 is 5.43 Å². The predicted molar refractivity (Wildman–Crippen MR) is 44.0 cm³/mol. The van der Waals surface area contributed by atoms with Gasteiger partial charge in [0, 0.05) is 0 Å². The Bertz CT molecular complexity index is 343. The summed E-state index contributed by atoms with van der Waals surface area (Å²) >= 11 is 1.50. The second kappa shape index (κ2) is 2.98. The van der Waals surface area contributed by atoms with Crippen LogP contribution in [0.3, 0.4) is 0 Å². The molecule has 0 N–H and O–H groups in total. The molecule has 0 saturated carbocycles. The molecule has 0 aromatic carbocycles. The molecule has 0 atom stereocenters. The Labute approximate surface area is 72.9 Å². The number of rotatable bonds is 2. The normalized spacial score (nSPS) is 14.6. The average Bonchev–Trinajstić information content (AvgIpc) is 2.74. The minimum atomic E-state index is 0.508. The summed E-state index contributed by atoms with van der Waals surface area (Å²) in [6, 6.07) is 1.80. The highest BCUT2D eigenvalue weighted by Gasteiger charge is 2.15. The van der Waals surface area contributed by atoms with Crippen molar-refractivity contribution in [3.63, 3.8) is 0 Å². The first-order valence-corrected chi connectivity index (χ1v) is 4.45. The van der Waals surface area contributed by atoms with Crippen LogP contribution in [0, 0.1) is 0 Å². The summed E-state index contributed by atoms with van der Waals surface area (Å²) in [4.78, 5) is 0. The van der Waals surface area contributed by atoms with Crippen molar-refractivity contribution in [2.24, 2.45) is 15.5 Å². The topological polar surface area (TPSA) is 64.3 Å². The van der Waals surface area contributed by atoms with Gasteiger partial charge in [-0.25, -0.2) is 0 Å². The molecule has 0 saturated heterocycles. The molecule has 1 aliphatic heterocycles. The lowest BCUT2D eigenvalue weighted by atomic mass is 10.3. The van der Waals surface area contributed by atoms with Crippen LogP contribution in [0.1, 0.15) is 5.56 Å². The van der Waals surface area contributed by atoms with Crippen LogP contribution in [0.15, 0.2) is 37.4 Å². The Kier molecular flexibility index (Phi) is 1.83. The van der Waals surface area contributed by atoms with E-state index in [1.807, 2.05) is 6.26 Å². The quantitative estimate of drug-likeness (QED) is 0.651. The Morgan fingerprint density at radius 2 is 2.33 bits per heavy atom. The van der Waals surface area contributed by atoms with Crippen LogP contribution in [0.5, 0.6) is 0 Å². The van der Waals surface area contributed by atoms with Crippen molar-refractivity contribution in [1.82, 2.24) is 5.43 Å². The molecule has 0 fully saturated rings. The lowest BCUT2D eigenvalue weighted by Gasteiger charge is -1.93. The molecular weight excluding hydrogens is 176 g/mol. The van der Waals surface area contributed by atoms with E-state index in [-0.39, 0.29) is 0 Å². The fraction of sp³-hybridized carbons (Fsp3) is 0.167. The molecule has 0 bridgehead atoms. The van der Waals surface area contributed by atoms with Gasteiger partial charge in [-0.2, -0.15) is 0 Å². The maximum absolute atomic E-state index is 5.16. The highest BCUT2D eigenvalue weighted by molar-refractivity contribution is 7.98. The summed E-state index contributed by atoms with van der Waals surface area (Å²) in [5, 5.41) is 11.3. The first-order chi connectivity index (χ1) is 5.92. The lowest BCUT2D eigenvalue weighted by molar-refractivity contribution is 0.474. The van der Waals surface area contributed by atoms with Crippen molar-refractivity contribution in [2.75, 3.05) is 6.26 Å². The monoisotopic (exact) mass is 181 g/mol. The standard InChI is InChI=1S/C6H5N4OS/c1-12-6-4(2-3-11-6)5-7-9-10-8-5/h2-3H,1H3. The minimum Gasteiger partial charge on any atom is -0.457 e. The smallest absolute Gasteiger partial charge is 0.211 e. The van der Waals surface area contributed by atoms with Gasteiger partial charge in [-0.1, -0.05) is 11.8 Å². The van der Waals surface area contributed by atoms with Crippen molar-refractivity contribution in [2.45, 2.75) is 5.09 Å². The van der Waals surface area contributed by atoms with Crippen LogP contribution in [-0.4, -0.2) is 12.1 Å². The Balaban J connectivity index is 2.33. The van der Waals surface area contributed by atoms with Gasteiger partial charge < -0.3 is 4.42 Å². The lowest BCUT2D eigenvalue weighted by Crippen LogP contribution is -2.07. The second-order valence-corrected chi connectivity index (χ2v) is 2.81. The molecule has 1 aromatic rings. The summed E-state index contributed by atoms with van der Waals surface area (Å²) in [6.45, 7) is 0. The minimum absolute atomic E-state index is 0.508. The van der Waals surface area contributed by atoms with Crippen molar-refractivity contribution >= 4 is 17.6 Å². The van der Waals surface area contributed by atoms with E-state index in [4.69, 9.17) is 4.42 Å². The molecule has 2 heterocycles. The van der Waals surface area contributed by atoms with E-state index in [2.05, 4.69) is 21.0 Å². The van der Waals surface area contributed by atoms with Crippen LogP contribution in [0.2, 0.25) is 0 Å². The second-order valence-electron chi connectivity index (χ2n) is 2.03. The van der Waals surface area contributed by atoms with Crippen molar-refractivity contribution in [3.8, 4) is 0 Å². The first kappa shape index (κ1) is 7.35. The van der Waals surface area contributed by atoms with Crippen molar-refractivity contribution in [1.29, 1.82) is 0 Å². The fourth-order valence-corrected chi connectivity index (χ4v) is 1.40. The van der Waals surface area contributed by atoms with E-state index < -0.39 is 0 Å². The van der Waals surface area contributed by atoms with E-state index in [0.29, 0.717) is 5.84 Å². The molecule has 5 nitrogen and oxygen atoms in total. The molecule has 0 unspecified atom stereocenters. The van der Waals surface area contributed by atoms with Gasteiger partial charge in [0.2, 0.25) is 5.84 Å². The summed E-state index contributed by atoms with van der Waals surface area (Å²) in [7, 11) is 0. The summed E-state index contributed by atoms with van der Waals surface area (Å²) in [6.07, 6.45) is 3.52. The van der Waals surface area contributed by atoms with Crippen LogP contribution in [-0.2, 0) is 0 Å². The maximum atomic E-state index is 5.16. The zero-order chi connectivity index (χ0) is 8.39. The SMILES string of the molecule is CSc1occc1C1=NN=N[N]1. The third-order valence-corrected chi connectivity index (χ3v) is 2.06. The van der Waals surface area contributed by atoms with Gasteiger partial charge in [0.05, 0.1) is 11.8 Å². The highest BCUT2D eigenvalue weighted by atomic mass is 32.2. The molecule has 1 aromatic heterocycles. The van der Waals surface area contributed by atoms with Gasteiger partial charge >= 0.3 is 0 Å². The highest BCUT2D eigenvalue weighted by Crippen LogP contribution is 2.22. The molecule has 0 amide bonds. The molecule has 6 heteroatoms. The van der Waals surface area contributed by atoms with Crippen molar-refractivity contribution in [3.05, 3.63) is 17.9 Å². The van der Waals surface area contributed by atoms with E-state index >= 15 is 0 Å². The Hall–Kier alpha value is -1.30. The predicted octanol–water partition coefficient (Wildman–Crippen LogP) is 1.65. The van der Waals surface area contributed by atoms with Crippen LogP contribution in [0.25, 0.3) is 0 Å². The van der Waals surface area contributed by atoms with E-state index in [0.717, 1.165) is 10.7 Å². The number of amidine groups is 1. The number of hydrogen-bond acceptors (Lipinski definition) is 5. The summed E-state index contributed by atoms with van der Waals surface area (Å²) in [5.74, 6) is 0.508. The number of hydrogen-bond donors (Lipinski definition) is 0. The van der Waals surface area contributed by atoms with E-state index in [1.54, 1.807) is 12.3 Å². The Morgan fingerprint density at radius 1 is 1.42 bits per heavy atom. The third-order valence-electron chi connectivity index (χ3n) is 1.37. The number of thioether (sulfide) groups is 1. The molecule has 12 heavy (non-hydrogen) atoms. The van der Waals surface area contributed by atoms with Gasteiger partial charge in [-0.05, 0) is 22.8 Å². The largest absolute Gasteiger partial charge is 0.457 e. The van der Waals surface area contributed by atoms with E-state index in [1.165, 1.54) is 11.8 Å². The molecule has 1 radical (unpaired) electrons. The van der Waals surface area contributed by atoms with Gasteiger partial charge in [0.1, 0.15) is 0 Å². The van der Waals surface area contributed by atoms with Gasteiger partial charge in [-0.3, -0.25) is 0 Å².